The highest BCUT2D eigenvalue weighted by atomic mass is 35.5. The van der Waals surface area contributed by atoms with E-state index in [9.17, 15) is 0 Å². The first-order chi connectivity index (χ1) is 6.38. The molecule has 0 amide bonds. The molecule has 0 atom stereocenters. The van der Waals surface area contributed by atoms with Gasteiger partial charge in [0.1, 0.15) is 5.04 Å². The number of oxime groups is 1. The Morgan fingerprint density at radius 2 is 2.00 bits per heavy atom. The Morgan fingerprint density at radius 3 is 2.50 bits per heavy atom. The largest absolute Gasteiger partial charge is 0.410 e. The quantitative estimate of drug-likeness (QED) is 0.362. The molecule has 0 saturated carbocycles. The van der Waals surface area contributed by atoms with E-state index in [4.69, 9.17) is 10.9 Å². The zero-order chi connectivity index (χ0) is 9.52. The van der Waals surface area contributed by atoms with Gasteiger partial charge in [0.2, 0.25) is 0 Å². The van der Waals surface area contributed by atoms with Crippen LogP contribution >= 0.6 is 24.2 Å². The Morgan fingerprint density at radius 1 is 1.36 bits per heavy atom. The second-order valence-corrected chi connectivity index (χ2v) is 3.49. The molecule has 78 valence electrons. The second-order valence-electron chi connectivity index (χ2n) is 2.41. The third kappa shape index (κ3) is 4.00. The van der Waals surface area contributed by atoms with Gasteiger partial charge >= 0.3 is 0 Å². The van der Waals surface area contributed by atoms with Crippen molar-refractivity contribution in [2.24, 2.45) is 10.9 Å². The van der Waals surface area contributed by atoms with E-state index >= 15 is 0 Å². The molecule has 0 heterocycles. The molecular weight excluding hydrogens is 220 g/mol. The van der Waals surface area contributed by atoms with Crippen molar-refractivity contribution in [2.75, 3.05) is 12.3 Å². The molecule has 0 radical (unpaired) electrons. The monoisotopic (exact) mass is 232 g/mol. The van der Waals surface area contributed by atoms with Crippen LogP contribution < -0.4 is 5.73 Å². The first kappa shape index (κ1) is 13.3. The van der Waals surface area contributed by atoms with Gasteiger partial charge in [-0.05, 0) is 0 Å². The van der Waals surface area contributed by atoms with Crippen LogP contribution in [0, 0.1) is 0 Å². The number of benzene rings is 1. The van der Waals surface area contributed by atoms with Gasteiger partial charge in [0.05, 0.1) is 0 Å². The van der Waals surface area contributed by atoms with Crippen LogP contribution in [0.3, 0.4) is 0 Å². The predicted molar refractivity (Wildman–Crippen MR) is 63.5 cm³/mol. The van der Waals surface area contributed by atoms with Crippen molar-refractivity contribution in [3.8, 4) is 0 Å². The average Bonchev–Trinajstić information content (AvgIpc) is 2.21. The van der Waals surface area contributed by atoms with E-state index in [1.807, 2.05) is 30.3 Å². The Bertz CT molecular complexity index is 279. The predicted octanol–water partition coefficient (Wildman–Crippen LogP) is 1.94. The van der Waals surface area contributed by atoms with E-state index in [-0.39, 0.29) is 12.4 Å². The fourth-order valence-electron chi connectivity index (χ4n) is 0.906. The topological polar surface area (TPSA) is 58.6 Å². The lowest BCUT2D eigenvalue weighted by Crippen LogP contribution is -2.05. The highest BCUT2D eigenvalue weighted by Gasteiger charge is 2.02. The molecule has 1 aromatic carbocycles. The van der Waals surface area contributed by atoms with Crippen LogP contribution in [-0.4, -0.2) is 22.5 Å². The third-order valence-corrected chi connectivity index (χ3v) is 2.50. The lowest BCUT2D eigenvalue weighted by atomic mass is 10.2. The maximum atomic E-state index is 8.73. The van der Waals surface area contributed by atoms with Gasteiger partial charge in [-0.1, -0.05) is 35.5 Å². The summed E-state index contributed by atoms with van der Waals surface area (Å²) in [7, 11) is 0. The summed E-state index contributed by atoms with van der Waals surface area (Å²) in [5.74, 6) is 0.758. The molecule has 0 saturated heterocycles. The fraction of sp³-hybridized carbons (Fsp3) is 0.222. The Balaban J connectivity index is 0.00000169. The SMILES string of the molecule is Cl.NCCS/C(=N\O)c1ccccc1. The van der Waals surface area contributed by atoms with E-state index in [1.54, 1.807) is 0 Å². The lowest BCUT2D eigenvalue weighted by molar-refractivity contribution is 0.321. The molecule has 3 N–H and O–H groups in total. The summed E-state index contributed by atoms with van der Waals surface area (Å²) < 4.78 is 0. The van der Waals surface area contributed by atoms with Gasteiger partial charge in [-0.2, -0.15) is 0 Å². The summed E-state index contributed by atoms with van der Waals surface area (Å²) in [6.45, 7) is 0.580. The molecule has 0 spiro atoms. The van der Waals surface area contributed by atoms with Crippen molar-refractivity contribution in [1.29, 1.82) is 0 Å². The number of hydrogen-bond acceptors (Lipinski definition) is 4. The van der Waals surface area contributed by atoms with Crippen LogP contribution in [0.25, 0.3) is 0 Å². The van der Waals surface area contributed by atoms with Gasteiger partial charge in [0.25, 0.3) is 0 Å². The van der Waals surface area contributed by atoms with Crippen molar-refractivity contribution in [3.05, 3.63) is 35.9 Å². The minimum Gasteiger partial charge on any atom is -0.410 e. The normalized spacial score (nSPS) is 10.8. The van der Waals surface area contributed by atoms with Crippen molar-refractivity contribution < 1.29 is 5.21 Å². The standard InChI is InChI=1S/C9H12N2OS.ClH/c10-6-7-13-9(11-12)8-4-2-1-3-5-8;/h1-5,12H,6-7,10H2;1H/b11-9-;. The summed E-state index contributed by atoms with van der Waals surface area (Å²) in [5.41, 5.74) is 6.27. The molecule has 0 aliphatic carbocycles. The number of thioether (sulfide) groups is 1. The minimum absolute atomic E-state index is 0. The lowest BCUT2D eigenvalue weighted by Gasteiger charge is -2.01. The highest BCUT2D eigenvalue weighted by Crippen LogP contribution is 2.12. The zero-order valence-corrected chi connectivity index (χ0v) is 9.22. The van der Waals surface area contributed by atoms with E-state index < -0.39 is 0 Å². The molecule has 0 aliphatic rings. The second kappa shape index (κ2) is 7.67. The molecule has 0 fully saturated rings. The molecule has 1 rings (SSSR count). The van der Waals surface area contributed by atoms with Crippen LogP contribution in [0.4, 0.5) is 0 Å². The summed E-state index contributed by atoms with van der Waals surface area (Å²) in [6, 6.07) is 9.54. The van der Waals surface area contributed by atoms with Gasteiger partial charge < -0.3 is 10.9 Å². The molecule has 0 aromatic heterocycles. The molecule has 5 heteroatoms. The molecule has 14 heavy (non-hydrogen) atoms. The number of nitrogens with zero attached hydrogens (tertiary/aromatic N) is 1. The number of rotatable bonds is 3. The molecule has 0 bridgehead atoms. The van der Waals surface area contributed by atoms with E-state index in [1.165, 1.54) is 11.8 Å². The molecular formula is C9H13ClN2OS. The van der Waals surface area contributed by atoms with Crippen LogP contribution in [0.2, 0.25) is 0 Å². The zero-order valence-electron chi connectivity index (χ0n) is 7.59. The van der Waals surface area contributed by atoms with Gasteiger partial charge in [-0.3, -0.25) is 0 Å². The van der Waals surface area contributed by atoms with E-state index in [2.05, 4.69) is 5.16 Å². The third-order valence-electron chi connectivity index (χ3n) is 1.47. The number of hydrogen-bond donors (Lipinski definition) is 2. The first-order valence-corrected chi connectivity index (χ1v) is 4.97. The fourth-order valence-corrected chi connectivity index (χ4v) is 1.58. The summed E-state index contributed by atoms with van der Waals surface area (Å²) in [6.07, 6.45) is 0. The van der Waals surface area contributed by atoms with E-state index in [0.29, 0.717) is 11.6 Å². The molecule has 0 unspecified atom stereocenters. The summed E-state index contributed by atoms with van der Waals surface area (Å²) in [4.78, 5) is 0. The molecule has 3 nitrogen and oxygen atoms in total. The van der Waals surface area contributed by atoms with Gasteiger partial charge in [0.15, 0.2) is 0 Å². The van der Waals surface area contributed by atoms with Crippen molar-refractivity contribution >= 4 is 29.2 Å². The van der Waals surface area contributed by atoms with Gasteiger partial charge in [-0.25, -0.2) is 0 Å². The molecule has 0 aliphatic heterocycles. The number of nitrogens with two attached hydrogens (primary N) is 1. The summed E-state index contributed by atoms with van der Waals surface area (Å²) >= 11 is 1.45. The van der Waals surface area contributed by atoms with Crippen molar-refractivity contribution in [2.45, 2.75) is 0 Å². The van der Waals surface area contributed by atoms with Crippen LogP contribution in [0.1, 0.15) is 5.56 Å². The molecule has 1 aromatic rings. The maximum absolute atomic E-state index is 8.73. The van der Waals surface area contributed by atoms with Gasteiger partial charge in [-0.15, -0.1) is 24.2 Å². The Kier molecular flexibility index (Phi) is 7.28. The van der Waals surface area contributed by atoms with E-state index in [0.717, 1.165) is 11.3 Å². The smallest absolute Gasteiger partial charge is 0.143 e. The maximum Gasteiger partial charge on any atom is 0.143 e. The van der Waals surface area contributed by atoms with Crippen LogP contribution in [0.5, 0.6) is 0 Å². The number of halogens is 1. The average molecular weight is 233 g/mol. The summed E-state index contributed by atoms with van der Waals surface area (Å²) in [5, 5.41) is 12.6. The Labute approximate surface area is 93.8 Å². The van der Waals surface area contributed by atoms with Crippen molar-refractivity contribution in [1.82, 2.24) is 0 Å². The van der Waals surface area contributed by atoms with Crippen LogP contribution in [0.15, 0.2) is 35.5 Å². The Hall–Kier alpha value is -0.710. The highest BCUT2D eigenvalue weighted by molar-refractivity contribution is 8.14. The van der Waals surface area contributed by atoms with Gasteiger partial charge in [0, 0.05) is 17.9 Å². The van der Waals surface area contributed by atoms with Crippen LogP contribution in [-0.2, 0) is 0 Å². The van der Waals surface area contributed by atoms with Crippen molar-refractivity contribution in [3.63, 3.8) is 0 Å². The first-order valence-electron chi connectivity index (χ1n) is 3.99. The minimum atomic E-state index is 0.